The van der Waals surface area contributed by atoms with Crippen molar-refractivity contribution in [2.45, 2.75) is 39.8 Å². The number of rotatable bonds is 3. The van der Waals surface area contributed by atoms with E-state index in [0.717, 1.165) is 3.57 Å². The number of carbonyl (C=O) groups excluding carboxylic acids is 1. The first-order valence-corrected chi connectivity index (χ1v) is 6.38. The van der Waals surface area contributed by atoms with Crippen LogP contribution in [-0.2, 0) is 0 Å². The van der Waals surface area contributed by atoms with Gasteiger partial charge in [-0.15, -0.1) is 0 Å². The molecule has 1 amide bonds. The molecular formula is C12H17IN2O. The number of pyridine rings is 1. The lowest BCUT2D eigenvalue weighted by Crippen LogP contribution is -2.42. The molecule has 1 aromatic heterocycles. The van der Waals surface area contributed by atoms with Crippen molar-refractivity contribution in [1.82, 2.24) is 9.88 Å². The summed E-state index contributed by atoms with van der Waals surface area (Å²) in [4.78, 5) is 18.1. The van der Waals surface area contributed by atoms with Crippen molar-refractivity contribution in [3.05, 3.63) is 27.6 Å². The number of halogens is 1. The average molecular weight is 333 g/mol. The fraction of sp³-hybridized carbons (Fsp3) is 0.500. The smallest absolute Gasteiger partial charge is 0.272 e. The van der Waals surface area contributed by atoms with Crippen LogP contribution in [0.4, 0.5) is 0 Å². The molecular weight excluding hydrogens is 315 g/mol. The second kappa shape index (κ2) is 5.61. The lowest BCUT2D eigenvalue weighted by molar-refractivity contribution is 0.0637. The summed E-state index contributed by atoms with van der Waals surface area (Å²) in [6.07, 6.45) is 1.58. The summed E-state index contributed by atoms with van der Waals surface area (Å²) in [5.41, 5.74) is 0.235. The molecule has 0 atom stereocenters. The number of amides is 1. The van der Waals surface area contributed by atoms with Gasteiger partial charge in [0.1, 0.15) is 5.69 Å². The van der Waals surface area contributed by atoms with Crippen molar-refractivity contribution in [3.8, 4) is 0 Å². The quantitative estimate of drug-likeness (QED) is 0.797. The van der Waals surface area contributed by atoms with Gasteiger partial charge >= 0.3 is 0 Å². The largest absolute Gasteiger partial charge is 0.332 e. The first kappa shape index (κ1) is 11.8. The third-order valence-electron chi connectivity index (χ3n) is 2.21. The SMILES string of the molecule is [2H]c1c(I)ccnc1C(=O)N(C(C)C)C(C)C. The average Bonchev–Trinajstić information content (AvgIpc) is 2.20. The number of nitrogens with zero attached hydrogens (tertiary/aromatic N) is 2. The van der Waals surface area contributed by atoms with Gasteiger partial charge in [-0.25, -0.2) is 0 Å². The molecule has 0 aliphatic rings. The summed E-state index contributed by atoms with van der Waals surface area (Å²) in [7, 11) is 0. The molecule has 0 N–H and O–H groups in total. The van der Waals surface area contributed by atoms with Crippen LogP contribution >= 0.6 is 22.6 Å². The van der Waals surface area contributed by atoms with Gasteiger partial charge in [0.15, 0.2) is 0 Å². The highest BCUT2D eigenvalue weighted by atomic mass is 127. The van der Waals surface area contributed by atoms with E-state index in [9.17, 15) is 4.79 Å². The van der Waals surface area contributed by atoms with E-state index >= 15 is 0 Å². The molecule has 0 spiro atoms. The van der Waals surface area contributed by atoms with E-state index < -0.39 is 0 Å². The monoisotopic (exact) mass is 333 g/mol. The maximum Gasteiger partial charge on any atom is 0.272 e. The second-order valence-electron chi connectivity index (χ2n) is 4.17. The Hall–Kier alpha value is -0.650. The highest BCUT2D eigenvalue weighted by molar-refractivity contribution is 14.1. The minimum Gasteiger partial charge on any atom is -0.332 e. The van der Waals surface area contributed by atoms with Gasteiger partial charge in [0.2, 0.25) is 0 Å². The predicted octanol–water partition coefficient (Wildman–Crippen LogP) is 2.95. The Kier molecular flexibility index (Phi) is 4.15. The van der Waals surface area contributed by atoms with Crippen molar-refractivity contribution in [1.29, 1.82) is 0 Å². The summed E-state index contributed by atoms with van der Waals surface area (Å²) in [5.74, 6) is -0.168. The van der Waals surface area contributed by atoms with Crippen molar-refractivity contribution >= 4 is 28.5 Å². The maximum absolute atomic E-state index is 12.3. The number of hydrogen-bond donors (Lipinski definition) is 0. The van der Waals surface area contributed by atoms with Crippen molar-refractivity contribution in [2.75, 3.05) is 0 Å². The van der Waals surface area contributed by atoms with Gasteiger partial charge in [-0.1, -0.05) is 0 Å². The lowest BCUT2D eigenvalue weighted by Gasteiger charge is -2.30. The van der Waals surface area contributed by atoms with Gasteiger partial charge in [0, 0.05) is 21.9 Å². The molecule has 0 unspecified atom stereocenters. The third kappa shape index (κ3) is 3.17. The highest BCUT2D eigenvalue weighted by Crippen LogP contribution is 2.12. The molecule has 4 heteroatoms. The van der Waals surface area contributed by atoms with Gasteiger partial charge in [0.25, 0.3) is 5.91 Å². The Bertz CT molecular complexity index is 413. The molecule has 0 saturated carbocycles. The number of carbonyl (C=O) groups is 1. The van der Waals surface area contributed by atoms with Crippen LogP contribution in [-0.4, -0.2) is 27.9 Å². The van der Waals surface area contributed by atoms with Gasteiger partial charge in [0.05, 0.1) is 1.37 Å². The fourth-order valence-corrected chi connectivity index (χ4v) is 2.08. The third-order valence-corrected chi connectivity index (χ3v) is 2.84. The minimum atomic E-state index is -0.168. The Morgan fingerprint density at radius 1 is 1.44 bits per heavy atom. The summed E-state index contributed by atoms with van der Waals surface area (Å²) in [6.45, 7) is 7.87. The van der Waals surface area contributed by atoms with Crippen LogP contribution in [0, 0.1) is 3.57 Å². The van der Waals surface area contributed by atoms with E-state index in [-0.39, 0.29) is 29.7 Å². The minimum absolute atomic E-state index is 0.0987. The zero-order valence-corrected chi connectivity index (χ0v) is 12.1. The van der Waals surface area contributed by atoms with E-state index in [1.165, 1.54) is 0 Å². The van der Waals surface area contributed by atoms with Gasteiger partial charge in [-0.05, 0) is 62.4 Å². The molecule has 0 aliphatic heterocycles. The molecule has 1 aromatic rings. The Morgan fingerprint density at radius 2 is 2.00 bits per heavy atom. The Labute approximate surface area is 112 Å². The van der Waals surface area contributed by atoms with Gasteiger partial charge in [-0.3, -0.25) is 9.78 Å². The van der Waals surface area contributed by atoms with E-state index in [0.29, 0.717) is 0 Å². The van der Waals surface area contributed by atoms with Crippen molar-refractivity contribution in [2.24, 2.45) is 0 Å². The summed E-state index contributed by atoms with van der Waals surface area (Å²) in [6, 6.07) is 2.14. The Balaban J connectivity index is 3.15. The van der Waals surface area contributed by atoms with Gasteiger partial charge in [-0.2, -0.15) is 0 Å². The molecule has 0 radical (unpaired) electrons. The van der Waals surface area contributed by atoms with E-state index in [2.05, 4.69) is 4.98 Å². The van der Waals surface area contributed by atoms with Crippen LogP contribution in [0.15, 0.2) is 18.3 Å². The molecule has 88 valence electrons. The summed E-state index contributed by atoms with van der Waals surface area (Å²) < 4.78 is 8.63. The molecule has 3 nitrogen and oxygen atoms in total. The zero-order valence-electron chi connectivity index (χ0n) is 11.0. The summed E-state index contributed by atoms with van der Waals surface area (Å²) in [5, 5.41) is 0. The summed E-state index contributed by atoms with van der Waals surface area (Å²) >= 11 is 2.04. The number of hydrogen-bond acceptors (Lipinski definition) is 2. The Morgan fingerprint density at radius 3 is 2.50 bits per heavy atom. The number of aromatic nitrogens is 1. The standard InChI is InChI=1S/C12H17IN2O/c1-8(2)15(9(3)4)12(16)11-7-10(13)5-6-14-11/h5-9H,1-4H3/i7D. The molecule has 0 aromatic carbocycles. The fourth-order valence-electron chi connectivity index (χ4n) is 1.66. The molecule has 0 aliphatic carbocycles. The second-order valence-corrected chi connectivity index (χ2v) is 5.33. The molecule has 0 fully saturated rings. The molecule has 16 heavy (non-hydrogen) atoms. The van der Waals surface area contributed by atoms with E-state index in [1.54, 1.807) is 17.2 Å². The molecule has 1 rings (SSSR count). The molecule has 0 saturated heterocycles. The first-order chi connectivity index (χ1) is 7.86. The highest BCUT2D eigenvalue weighted by Gasteiger charge is 2.22. The maximum atomic E-state index is 12.3. The molecule has 1 heterocycles. The lowest BCUT2D eigenvalue weighted by atomic mass is 10.2. The van der Waals surface area contributed by atoms with E-state index in [4.69, 9.17) is 1.37 Å². The van der Waals surface area contributed by atoms with Crippen LogP contribution in [0.1, 0.15) is 39.6 Å². The zero-order chi connectivity index (χ0) is 13.2. The molecule has 0 bridgehead atoms. The van der Waals surface area contributed by atoms with Crippen LogP contribution in [0.25, 0.3) is 0 Å². The van der Waals surface area contributed by atoms with Crippen LogP contribution in [0.5, 0.6) is 0 Å². The van der Waals surface area contributed by atoms with E-state index in [1.807, 2.05) is 50.3 Å². The van der Waals surface area contributed by atoms with Crippen LogP contribution in [0.2, 0.25) is 0 Å². The predicted molar refractivity (Wildman–Crippen MR) is 73.4 cm³/mol. The topological polar surface area (TPSA) is 33.2 Å². The van der Waals surface area contributed by atoms with Crippen molar-refractivity contribution in [3.63, 3.8) is 0 Å². The van der Waals surface area contributed by atoms with Crippen LogP contribution in [0.3, 0.4) is 0 Å². The first-order valence-electron chi connectivity index (χ1n) is 5.80. The van der Waals surface area contributed by atoms with Crippen molar-refractivity contribution < 1.29 is 6.17 Å². The van der Waals surface area contributed by atoms with Crippen LogP contribution < -0.4 is 0 Å². The van der Waals surface area contributed by atoms with Gasteiger partial charge < -0.3 is 4.90 Å². The normalized spacial score (nSPS) is 11.8.